The number of nitrogens with one attached hydrogen (secondary N) is 1. The zero-order valence-electron chi connectivity index (χ0n) is 9.38. The standard InChI is InChI=1S/C11H14N4O2/c1-5-2-9(16)7-3-8(14-15-11(12)13)10(17)4-6(5)7/h3-5,9,16-17H,2H2,1H3,(H3,12,13)/t5-,9-/m0/s1. The maximum Gasteiger partial charge on any atom is 0.232 e. The Bertz CT molecular complexity index is 498. The molecule has 0 heterocycles. The van der Waals surface area contributed by atoms with Gasteiger partial charge in [0.2, 0.25) is 5.96 Å². The van der Waals surface area contributed by atoms with Crippen LogP contribution < -0.4 is 5.73 Å². The van der Waals surface area contributed by atoms with E-state index in [4.69, 9.17) is 11.1 Å². The summed E-state index contributed by atoms with van der Waals surface area (Å²) in [5.41, 5.74) is 6.94. The van der Waals surface area contributed by atoms with Crippen molar-refractivity contribution in [3.05, 3.63) is 23.3 Å². The van der Waals surface area contributed by atoms with Gasteiger partial charge in [-0.05, 0) is 35.6 Å². The van der Waals surface area contributed by atoms with Crippen molar-refractivity contribution < 1.29 is 10.2 Å². The topological polar surface area (TPSA) is 115 Å². The highest BCUT2D eigenvalue weighted by Crippen LogP contribution is 2.44. The lowest BCUT2D eigenvalue weighted by Crippen LogP contribution is -2.03. The first-order valence-corrected chi connectivity index (χ1v) is 5.29. The van der Waals surface area contributed by atoms with Crippen LogP contribution in [0.3, 0.4) is 0 Å². The van der Waals surface area contributed by atoms with Gasteiger partial charge in [-0.15, -0.1) is 10.2 Å². The van der Waals surface area contributed by atoms with Crippen LogP contribution in [0.15, 0.2) is 22.4 Å². The Hall–Kier alpha value is -1.95. The molecular formula is C11H14N4O2. The van der Waals surface area contributed by atoms with Crippen molar-refractivity contribution in [3.63, 3.8) is 0 Å². The van der Waals surface area contributed by atoms with Crippen LogP contribution in [0.5, 0.6) is 5.75 Å². The molecule has 0 saturated carbocycles. The van der Waals surface area contributed by atoms with Crippen molar-refractivity contribution in [3.8, 4) is 5.75 Å². The third kappa shape index (κ3) is 2.12. The molecule has 0 amide bonds. The van der Waals surface area contributed by atoms with Crippen molar-refractivity contribution >= 4 is 11.6 Å². The first-order valence-electron chi connectivity index (χ1n) is 5.29. The molecule has 0 radical (unpaired) electrons. The van der Waals surface area contributed by atoms with Crippen LogP contribution in [0.2, 0.25) is 0 Å². The lowest BCUT2D eigenvalue weighted by molar-refractivity contribution is 0.174. The summed E-state index contributed by atoms with van der Waals surface area (Å²) in [7, 11) is 0. The fourth-order valence-electron chi connectivity index (χ4n) is 2.10. The van der Waals surface area contributed by atoms with Gasteiger partial charge in [-0.3, -0.25) is 5.41 Å². The Morgan fingerprint density at radius 2 is 2.18 bits per heavy atom. The van der Waals surface area contributed by atoms with E-state index in [1.807, 2.05) is 6.92 Å². The first kappa shape index (κ1) is 11.5. The lowest BCUT2D eigenvalue weighted by atomic mass is 10.0. The third-order valence-corrected chi connectivity index (χ3v) is 2.91. The molecule has 1 aromatic carbocycles. The number of hydrogen-bond acceptors (Lipinski definition) is 4. The lowest BCUT2D eigenvalue weighted by Gasteiger charge is -2.07. The molecular weight excluding hydrogens is 220 g/mol. The second-order valence-electron chi connectivity index (χ2n) is 4.21. The van der Waals surface area contributed by atoms with Crippen LogP contribution in [0.4, 0.5) is 5.69 Å². The minimum atomic E-state index is -0.535. The largest absolute Gasteiger partial charge is 0.506 e. The van der Waals surface area contributed by atoms with Crippen molar-refractivity contribution in [2.24, 2.45) is 16.0 Å². The van der Waals surface area contributed by atoms with Crippen LogP contribution in [-0.4, -0.2) is 16.2 Å². The number of benzene rings is 1. The van der Waals surface area contributed by atoms with Crippen molar-refractivity contribution in [1.29, 1.82) is 5.41 Å². The average Bonchev–Trinajstić information content (AvgIpc) is 2.51. The van der Waals surface area contributed by atoms with Gasteiger partial charge in [0, 0.05) is 0 Å². The second-order valence-corrected chi connectivity index (χ2v) is 4.21. The molecule has 0 bridgehead atoms. The zero-order chi connectivity index (χ0) is 12.6. The number of phenolic OH excluding ortho intramolecular Hbond substituents is 1. The van der Waals surface area contributed by atoms with Crippen molar-refractivity contribution in [2.45, 2.75) is 25.4 Å². The number of guanidine groups is 1. The fourth-order valence-corrected chi connectivity index (χ4v) is 2.10. The molecule has 1 aromatic rings. The summed E-state index contributed by atoms with van der Waals surface area (Å²) in [6.45, 7) is 1.99. The Kier molecular flexibility index (Phi) is 2.81. The summed E-state index contributed by atoms with van der Waals surface area (Å²) in [5, 5.41) is 33.5. The van der Waals surface area contributed by atoms with Crippen LogP contribution >= 0.6 is 0 Å². The number of nitrogens with zero attached hydrogens (tertiary/aromatic N) is 2. The summed E-state index contributed by atoms with van der Waals surface area (Å²) in [4.78, 5) is 0. The minimum absolute atomic E-state index is 0.0188. The normalized spacial score (nSPS) is 22.9. The molecule has 0 aliphatic heterocycles. The summed E-state index contributed by atoms with van der Waals surface area (Å²) in [5.74, 6) is -0.238. The molecule has 90 valence electrons. The number of azo groups is 1. The molecule has 0 unspecified atom stereocenters. The summed E-state index contributed by atoms with van der Waals surface area (Å²) in [6.07, 6.45) is 0.106. The number of hydrogen-bond donors (Lipinski definition) is 4. The predicted octanol–water partition coefficient (Wildman–Crippen LogP) is 1.91. The van der Waals surface area contributed by atoms with E-state index in [0.29, 0.717) is 6.42 Å². The maximum absolute atomic E-state index is 9.82. The molecule has 0 fully saturated rings. The SMILES string of the molecule is C[C@H]1C[C@H](O)c2cc(N=NC(=N)N)c(O)cc21. The van der Waals surface area contributed by atoms with Gasteiger partial charge in [0.15, 0.2) is 0 Å². The van der Waals surface area contributed by atoms with E-state index in [0.717, 1.165) is 11.1 Å². The van der Waals surface area contributed by atoms with Gasteiger partial charge >= 0.3 is 0 Å². The first-order chi connectivity index (χ1) is 7.99. The molecule has 0 aromatic heterocycles. The van der Waals surface area contributed by atoms with Crippen LogP contribution in [0.25, 0.3) is 0 Å². The third-order valence-electron chi connectivity index (χ3n) is 2.91. The van der Waals surface area contributed by atoms with E-state index < -0.39 is 12.1 Å². The van der Waals surface area contributed by atoms with Crippen LogP contribution in [-0.2, 0) is 0 Å². The highest BCUT2D eigenvalue weighted by Gasteiger charge is 2.28. The summed E-state index contributed by atoms with van der Waals surface area (Å²) in [6, 6.07) is 3.18. The molecule has 0 saturated heterocycles. The van der Waals surface area contributed by atoms with E-state index in [-0.39, 0.29) is 17.4 Å². The van der Waals surface area contributed by atoms with Gasteiger partial charge in [0.05, 0.1) is 6.10 Å². The Morgan fingerprint density at radius 3 is 2.82 bits per heavy atom. The molecule has 5 N–H and O–H groups in total. The van der Waals surface area contributed by atoms with Crippen molar-refractivity contribution in [1.82, 2.24) is 0 Å². The Balaban J connectivity index is 2.44. The number of aromatic hydroxyl groups is 1. The monoisotopic (exact) mass is 234 g/mol. The van der Waals surface area contributed by atoms with E-state index in [9.17, 15) is 10.2 Å². The van der Waals surface area contributed by atoms with Crippen LogP contribution in [0, 0.1) is 5.41 Å². The number of rotatable bonds is 1. The summed E-state index contributed by atoms with van der Waals surface area (Å²) >= 11 is 0. The smallest absolute Gasteiger partial charge is 0.232 e. The van der Waals surface area contributed by atoms with E-state index in [1.165, 1.54) is 0 Å². The van der Waals surface area contributed by atoms with Crippen molar-refractivity contribution in [2.75, 3.05) is 0 Å². The zero-order valence-corrected chi connectivity index (χ0v) is 9.38. The fraction of sp³-hybridized carbons (Fsp3) is 0.364. The number of phenols is 1. The molecule has 1 aliphatic carbocycles. The van der Waals surface area contributed by atoms with Crippen LogP contribution in [0.1, 0.15) is 36.5 Å². The average molecular weight is 234 g/mol. The van der Waals surface area contributed by atoms with E-state index >= 15 is 0 Å². The quantitative estimate of drug-likeness (QED) is 0.338. The van der Waals surface area contributed by atoms with Gasteiger partial charge in [-0.25, -0.2) is 0 Å². The minimum Gasteiger partial charge on any atom is -0.506 e. The Labute approximate surface area is 98.3 Å². The highest BCUT2D eigenvalue weighted by molar-refractivity contribution is 5.75. The molecule has 6 nitrogen and oxygen atoms in total. The van der Waals surface area contributed by atoms with Gasteiger partial charge in [-0.2, -0.15) is 0 Å². The molecule has 2 atom stereocenters. The van der Waals surface area contributed by atoms with Gasteiger partial charge in [-0.1, -0.05) is 6.92 Å². The number of nitrogens with two attached hydrogens (primary N) is 1. The molecule has 17 heavy (non-hydrogen) atoms. The Morgan fingerprint density at radius 1 is 1.47 bits per heavy atom. The number of aliphatic hydroxyl groups excluding tert-OH is 1. The predicted molar refractivity (Wildman–Crippen MR) is 62.5 cm³/mol. The molecule has 2 rings (SSSR count). The van der Waals surface area contributed by atoms with Gasteiger partial charge < -0.3 is 15.9 Å². The highest BCUT2D eigenvalue weighted by atomic mass is 16.3. The number of aliphatic hydroxyl groups is 1. The van der Waals surface area contributed by atoms with E-state index in [2.05, 4.69) is 10.2 Å². The van der Waals surface area contributed by atoms with Gasteiger partial charge in [0.25, 0.3) is 0 Å². The molecule has 6 heteroatoms. The van der Waals surface area contributed by atoms with E-state index in [1.54, 1.807) is 12.1 Å². The summed E-state index contributed by atoms with van der Waals surface area (Å²) < 4.78 is 0. The number of fused-ring (bicyclic) bond motifs is 1. The maximum atomic E-state index is 9.82. The van der Waals surface area contributed by atoms with Gasteiger partial charge in [0.1, 0.15) is 11.4 Å². The molecule has 0 spiro atoms. The second kappa shape index (κ2) is 4.14. The molecule has 1 aliphatic rings.